The predicted molar refractivity (Wildman–Crippen MR) is 127 cm³/mol. The average Bonchev–Trinajstić information content (AvgIpc) is 3.74. The molecule has 3 aliphatic rings. The van der Waals surface area contributed by atoms with Gasteiger partial charge in [-0.25, -0.2) is 0 Å². The molecule has 1 saturated carbocycles. The van der Waals surface area contributed by atoms with E-state index in [9.17, 15) is 4.79 Å². The van der Waals surface area contributed by atoms with Gasteiger partial charge >= 0.3 is 5.97 Å². The normalized spacial score (nSPS) is 33.7. The molecule has 188 valence electrons. The second-order valence-corrected chi connectivity index (χ2v) is 9.83. The summed E-state index contributed by atoms with van der Waals surface area (Å²) in [6.07, 6.45) is 4.05. The van der Waals surface area contributed by atoms with Crippen LogP contribution in [0.5, 0.6) is 11.5 Å². The zero-order chi connectivity index (χ0) is 24.5. The smallest absolute Gasteiger partial charge is 0.325 e. The van der Waals surface area contributed by atoms with Crippen LogP contribution in [0.3, 0.4) is 0 Å². The maximum atomic E-state index is 12.8. The largest absolute Gasteiger partial charge is 0.497 e. The number of benzene rings is 1. The van der Waals surface area contributed by atoms with Gasteiger partial charge in [-0.15, -0.1) is 0 Å². The van der Waals surface area contributed by atoms with Crippen molar-refractivity contribution >= 4 is 11.7 Å². The fourth-order valence-electron chi connectivity index (χ4n) is 5.39. The van der Waals surface area contributed by atoms with Crippen LogP contribution in [-0.2, 0) is 23.7 Å². The Hall–Kier alpha value is -2.29. The first kappa shape index (κ1) is 24.8. The van der Waals surface area contributed by atoms with Gasteiger partial charge in [-0.2, -0.15) is 0 Å². The van der Waals surface area contributed by atoms with Crippen molar-refractivity contribution in [2.24, 2.45) is 5.92 Å². The van der Waals surface area contributed by atoms with Gasteiger partial charge in [0.2, 0.25) is 0 Å². The topological polar surface area (TPSA) is 91.1 Å². The number of carbonyl (C=O) groups excluding carboxylic acids is 1. The zero-order valence-electron chi connectivity index (χ0n) is 21.0. The fourth-order valence-corrected chi connectivity index (χ4v) is 5.39. The number of esters is 1. The van der Waals surface area contributed by atoms with E-state index < -0.39 is 0 Å². The first-order chi connectivity index (χ1) is 16.3. The van der Waals surface area contributed by atoms with Crippen molar-refractivity contribution in [1.82, 2.24) is 0 Å². The standard InChI is InChI=1S/C26H37NO7/c1-16(2)7-10-21-25(3,34-21)24-23(31-6)19(11-12-26(24)15-32-26)33-22(28)14-27-18-9-8-17(29-4)13-20(18)30-5/h7-9,13,19,21,23-24,27H,10-12,14-15H2,1-6H3/t19-,21-,23-,24-,25+,26+/m1/s1. The van der Waals surface area contributed by atoms with Gasteiger partial charge < -0.3 is 33.7 Å². The van der Waals surface area contributed by atoms with Crippen molar-refractivity contribution in [3.05, 3.63) is 29.8 Å². The molecule has 1 aliphatic carbocycles. The molecule has 8 heteroatoms. The van der Waals surface area contributed by atoms with Crippen molar-refractivity contribution in [2.45, 2.75) is 69.5 Å². The molecular formula is C26H37NO7. The Labute approximate surface area is 201 Å². The van der Waals surface area contributed by atoms with Crippen LogP contribution in [0.4, 0.5) is 5.69 Å². The number of rotatable bonds is 10. The number of hydrogen-bond donors (Lipinski definition) is 1. The number of anilines is 1. The summed E-state index contributed by atoms with van der Waals surface area (Å²) in [5.74, 6) is 0.922. The van der Waals surface area contributed by atoms with Crippen LogP contribution in [-0.4, -0.2) is 70.0 Å². The summed E-state index contributed by atoms with van der Waals surface area (Å²) < 4.78 is 34.7. The van der Waals surface area contributed by atoms with Crippen LogP contribution >= 0.6 is 0 Å². The van der Waals surface area contributed by atoms with E-state index in [2.05, 4.69) is 32.2 Å². The van der Waals surface area contributed by atoms with Gasteiger partial charge in [-0.1, -0.05) is 11.6 Å². The van der Waals surface area contributed by atoms with Crippen LogP contribution in [0.2, 0.25) is 0 Å². The third-order valence-corrected chi connectivity index (χ3v) is 7.35. The van der Waals surface area contributed by atoms with E-state index in [1.807, 2.05) is 6.07 Å². The summed E-state index contributed by atoms with van der Waals surface area (Å²) in [5, 5.41) is 3.10. The van der Waals surface area contributed by atoms with Gasteiger partial charge in [0.15, 0.2) is 0 Å². The Morgan fingerprint density at radius 3 is 2.62 bits per heavy atom. The summed E-state index contributed by atoms with van der Waals surface area (Å²) >= 11 is 0. The minimum atomic E-state index is -0.359. The van der Waals surface area contributed by atoms with Gasteiger partial charge in [0, 0.05) is 13.2 Å². The van der Waals surface area contributed by atoms with Gasteiger partial charge in [-0.05, 0) is 52.2 Å². The molecular weight excluding hydrogens is 438 g/mol. The van der Waals surface area contributed by atoms with Crippen LogP contribution in [0.25, 0.3) is 0 Å². The van der Waals surface area contributed by atoms with Gasteiger partial charge in [0.1, 0.15) is 41.5 Å². The minimum Gasteiger partial charge on any atom is -0.497 e. The van der Waals surface area contributed by atoms with Crippen LogP contribution < -0.4 is 14.8 Å². The first-order valence-electron chi connectivity index (χ1n) is 11.9. The molecule has 1 aromatic carbocycles. The minimum absolute atomic E-state index is 0.00162. The number of epoxide rings is 2. The zero-order valence-corrected chi connectivity index (χ0v) is 21.0. The number of carbonyl (C=O) groups is 1. The van der Waals surface area contributed by atoms with E-state index in [-0.39, 0.29) is 47.9 Å². The van der Waals surface area contributed by atoms with Gasteiger partial charge in [-0.3, -0.25) is 4.79 Å². The second kappa shape index (κ2) is 9.76. The Morgan fingerprint density at radius 2 is 2.00 bits per heavy atom. The molecule has 3 fully saturated rings. The number of ether oxygens (including phenoxy) is 6. The number of nitrogens with one attached hydrogen (secondary N) is 1. The van der Waals surface area contributed by atoms with Gasteiger partial charge in [0.05, 0.1) is 38.5 Å². The molecule has 2 saturated heterocycles. The molecule has 1 spiro atoms. The Kier molecular flexibility index (Phi) is 7.12. The van der Waals surface area contributed by atoms with Crippen LogP contribution in [0, 0.1) is 5.92 Å². The van der Waals surface area contributed by atoms with Crippen LogP contribution in [0.15, 0.2) is 29.8 Å². The average molecular weight is 476 g/mol. The molecule has 1 N–H and O–H groups in total. The predicted octanol–water partition coefficient (Wildman–Crippen LogP) is 3.74. The Balaban J connectivity index is 1.40. The molecule has 6 atom stereocenters. The fraction of sp³-hybridized carbons (Fsp3) is 0.654. The Bertz CT molecular complexity index is 924. The molecule has 1 aromatic rings. The monoisotopic (exact) mass is 475 g/mol. The lowest BCUT2D eigenvalue weighted by molar-refractivity contribution is -0.170. The highest BCUT2D eigenvalue weighted by Crippen LogP contribution is 2.59. The number of allylic oxidation sites excluding steroid dienone is 1. The molecule has 2 heterocycles. The van der Waals surface area contributed by atoms with Gasteiger partial charge in [0.25, 0.3) is 0 Å². The van der Waals surface area contributed by atoms with Crippen molar-refractivity contribution in [3.8, 4) is 11.5 Å². The van der Waals surface area contributed by atoms with E-state index in [1.165, 1.54) is 5.57 Å². The van der Waals surface area contributed by atoms with Crippen LogP contribution in [0.1, 0.15) is 40.0 Å². The molecule has 0 radical (unpaired) electrons. The molecule has 4 rings (SSSR count). The number of hydrogen-bond acceptors (Lipinski definition) is 8. The molecule has 34 heavy (non-hydrogen) atoms. The Morgan fingerprint density at radius 1 is 1.24 bits per heavy atom. The van der Waals surface area contributed by atoms with E-state index >= 15 is 0 Å². The summed E-state index contributed by atoms with van der Waals surface area (Å²) in [7, 11) is 4.85. The molecule has 0 amide bonds. The lowest BCUT2D eigenvalue weighted by Gasteiger charge is -2.42. The van der Waals surface area contributed by atoms with Crippen molar-refractivity contribution in [1.29, 1.82) is 0 Å². The highest BCUT2D eigenvalue weighted by atomic mass is 16.6. The number of methoxy groups -OCH3 is 3. The van der Waals surface area contributed by atoms with Crippen molar-refractivity contribution < 1.29 is 33.2 Å². The summed E-state index contributed by atoms with van der Waals surface area (Å²) in [5.41, 5.74) is 1.36. The maximum absolute atomic E-state index is 12.8. The SMILES string of the molecule is COc1ccc(NCC(=O)O[C@@H]2CC[C@]3(CO3)[C@@H]([C@@]3(C)O[C@@H]3CC=C(C)C)[C@@H]2OC)c(OC)c1. The molecule has 2 aliphatic heterocycles. The molecule has 0 unspecified atom stereocenters. The maximum Gasteiger partial charge on any atom is 0.325 e. The highest BCUT2D eigenvalue weighted by Gasteiger charge is 2.72. The summed E-state index contributed by atoms with van der Waals surface area (Å²) in [4.78, 5) is 12.8. The quantitative estimate of drug-likeness (QED) is 0.311. The highest BCUT2D eigenvalue weighted by molar-refractivity contribution is 5.76. The molecule has 8 nitrogen and oxygen atoms in total. The lowest BCUT2D eigenvalue weighted by Crippen LogP contribution is -2.55. The lowest BCUT2D eigenvalue weighted by atomic mass is 9.68. The van der Waals surface area contributed by atoms with Crippen molar-refractivity contribution in [2.75, 3.05) is 39.8 Å². The second-order valence-electron chi connectivity index (χ2n) is 9.83. The van der Waals surface area contributed by atoms with E-state index in [1.54, 1.807) is 33.5 Å². The molecule has 0 bridgehead atoms. The molecule has 0 aromatic heterocycles. The summed E-state index contributed by atoms with van der Waals surface area (Å²) in [6.45, 7) is 7.03. The van der Waals surface area contributed by atoms with E-state index in [0.717, 1.165) is 12.8 Å². The van der Waals surface area contributed by atoms with E-state index in [4.69, 9.17) is 28.4 Å². The first-order valence-corrected chi connectivity index (χ1v) is 11.9. The third-order valence-electron chi connectivity index (χ3n) is 7.35. The summed E-state index contributed by atoms with van der Waals surface area (Å²) in [6, 6.07) is 5.38. The van der Waals surface area contributed by atoms with E-state index in [0.29, 0.717) is 30.2 Å². The third kappa shape index (κ3) is 4.90. The van der Waals surface area contributed by atoms with Crippen molar-refractivity contribution in [3.63, 3.8) is 0 Å².